The summed E-state index contributed by atoms with van der Waals surface area (Å²) in [6, 6.07) is 5.34. The highest BCUT2D eigenvalue weighted by Gasteiger charge is 2.23. The summed E-state index contributed by atoms with van der Waals surface area (Å²) in [5.74, 6) is -1.23. The highest BCUT2D eigenvalue weighted by Crippen LogP contribution is 2.06. The predicted molar refractivity (Wildman–Crippen MR) is 65.8 cm³/mol. The van der Waals surface area contributed by atoms with Gasteiger partial charge in [0.2, 0.25) is 0 Å². The first-order chi connectivity index (χ1) is 8.77. The SMILES string of the molecule is O=C(N/N=C\c1ccccn1)C(=O)N1CCCC1. The van der Waals surface area contributed by atoms with Gasteiger partial charge in [-0.2, -0.15) is 5.10 Å². The maximum Gasteiger partial charge on any atom is 0.329 e. The molecule has 1 N–H and O–H groups in total. The summed E-state index contributed by atoms with van der Waals surface area (Å²) in [5.41, 5.74) is 2.82. The summed E-state index contributed by atoms with van der Waals surface area (Å²) < 4.78 is 0. The second-order valence-electron chi connectivity index (χ2n) is 3.95. The molecular weight excluding hydrogens is 232 g/mol. The average Bonchev–Trinajstić information content (AvgIpc) is 2.93. The van der Waals surface area contributed by atoms with E-state index in [1.807, 2.05) is 6.07 Å². The molecule has 2 heterocycles. The van der Waals surface area contributed by atoms with Crippen molar-refractivity contribution < 1.29 is 9.59 Å². The minimum Gasteiger partial charge on any atom is -0.334 e. The van der Waals surface area contributed by atoms with Gasteiger partial charge >= 0.3 is 11.8 Å². The number of carbonyl (C=O) groups is 2. The normalized spacial score (nSPS) is 15.0. The molecule has 18 heavy (non-hydrogen) atoms. The van der Waals surface area contributed by atoms with Crippen molar-refractivity contribution in [1.82, 2.24) is 15.3 Å². The highest BCUT2D eigenvalue weighted by molar-refractivity contribution is 6.35. The van der Waals surface area contributed by atoms with Crippen LogP contribution in [0.3, 0.4) is 0 Å². The van der Waals surface area contributed by atoms with Crippen LogP contribution in [0, 0.1) is 0 Å². The molecule has 0 aliphatic carbocycles. The molecule has 0 spiro atoms. The molecule has 0 aromatic carbocycles. The average molecular weight is 246 g/mol. The fraction of sp³-hybridized carbons (Fsp3) is 0.333. The van der Waals surface area contributed by atoms with Crippen LogP contribution in [0.15, 0.2) is 29.5 Å². The molecule has 1 aromatic heterocycles. The first-order valence-corrected chi connectivity index (χ1v) is 5.81. The van der Waals surface area contributed by atoms with Crippen molar-refractivity contribution in [3.05, 3.63) is 30.1 Å². The maximum atomic E-state index is 11.6. The number of likely N-dealkylation sites (tertiary alicyclic amines) is 1. The van der Waals surface area contributed by atoms with Crippen LogP contribution in [-0.4, -0.2) is 41.0 Å². The summed E-state index contributed by atoms with van der Waals surface area (Å²) in [6.45, 7) is 1.30. The molecule has 0 radical (unpaired) electrons. The van der Waals surface area contributed by atoms with E-state index in [-0.39, 0.29) is 0 Å². The minimum atomic E-state index is -0.705. The van der Waals surface area contributed by atoms with Gasteiger partial charge in [-0.25, -0.2) is 5.43 Å². The Kier molecular flexibility index (Phi) is 4.01. The van der Waals surface area contributed by atoms with E-state index in [4.69, 9.17) is 0 Å². The van der Waals surface area contributed by atoms with Gasteiger partial charge in [-0.1, -0.05) is 6.07 Å². The van der Waals surface area contributed by atoms with E-state index in [2.05, 4.69) is 15.5 Å². The van der Waals surface area contributed by atoms with E-state index in [1.165, 1.54) is 11.1 Å². The Hall–Kier alpha value is -2.24. The smallest absolute Gasteiger partial charge is 0.329 e. The molecule has 0 saturated carbocycles. The predicted octanol–water partition coefficient (Wildman–Crippen LogP) is 0.154. The topological polar surface area (TPSA) is 74.7 Å². The first-order valence-electron chi connectivity index (χ1n) is 5.81. The lowest BCUT2D eigenvalue weighted by atomic mass is 10.4. The zero-order valence-electron chi connectivity index (χ0n) is 9.87. The summed E-state index contributed by atoms with van der Waals surface area (Å²) in [7, 11) is 0. The molecule has 94 valence electrons. The molecule has 1 saturated heterocycles. The van der Waals surface area contributed by atoms with Crippen molar-refractivity contribution in [3.8, 4) is 0 Å². The fourth-order valence-electron chi connectivity index (χ4n) is 1.72. The van der Waals surface area contributed by atoms with Gasteiger partial charge in [0.25, 0.3) is 0 Å². The molecule has 0 unspecified atom stereocenters. The molecule has 6 heteroatoms. The van der Waals surface area contributed by atoms with Gasteiger partial charge in [-0.15, -0.1) is 0 Å². The molecule has 0 atom stereocenters. The van der Waals surface area contributed by atoms with Crippen molar-refractivity contribution in [2.75, 3.05) is 13.1 Å². The van der Waals surface area contributed by atoms with Crippen molar-refractivity contribution in [2.24, 2.45) is 5.10 Å². The Morgan fingerprint density at radius 2 is 2.11 bits per heavy atom. The van der Waals surface area contributed by atoms with Gasteiger partial charge in [0.15, 0.2) is 0 Å². The monoisotopic (exact) mass is 246 g/mol. The second-order valence-corrected chi connectivity index (χ2v) is 3.95. The van der Waals surface area contributed by atoms with E-state index < -0.39 is 11.8 Å². The zero-order chi connectivity index (χ0) is 12.8. The lowest BCUT2D eigenvalue weighted by Gasteiger charge is -2.12. The van der Waals surface area contributed by atoms with Crippen molar-refractivity contribution in [2.45, 2.75) is 12.8 Å². The third-order valence-electron chi connectivity index (χ3n) is 2.64. The van der Waals surface area contributed by atoms with Gasteiger partial charge in [-0.05, 0) is 25.0 Å². The molecule has 1 aliphatic heterocycles. The van der Waals surface area contributed by atoms with E-state index in [1.54, 1.807) is 18.3 Å². The number of nitrogens with one attached hydrogen (secondary N) is 1. The van der Waals surface area contributed by atoms with E-state index in [0.717, 1.165) is 12.8 Å². The van der Waals surface area contributed by atoms with Crippen LogP contribution in [0.5, 0.6) is 0 Å². The van der Waals surface area contributed by atoms with Gasteiger partial charge in [-0.3, -0.25) is 14.6 Å². The summed E-state index contributed by atoms with van der Waals surface area (Å²) in [6.07, 6.45) is 4.93. The number of pyridine rings is 1. The summed E-state index contributed by atoms with van der Waals surface area (Å²) in [4.78, 5) is 28.6. The molecule has 1 fully saturated rings. The molecule has 0 bridgehead atoms. The van der Waals surface area contributed by atoms with Crippen molar-refractivity contribution in [3.63, 3.8) is 0 Å². The Morgan fingerprint density at radius 1 is 1.33 bits per heavy atom. The number of carbonyl (C=O) groups excluding carboxylic acids is 2. The largest absolute Gasteiger partial charge is 0.334 e. The van der Waals surface area contributed by atoms with Crippen LogP contribution in [0.25, 0.3) is 0 Å². The number of hydrogen-bond donors (Lipinski definition) is 1. The van der Waals surface area contributed by atoms with Crippen LogP contribution in [-0.2, 0) is 9.59 Å². The van der Waals surface area contributed by atoms with Gasteiger partial charge in [0, 0.05) is 19.3 Å². The second kappa shape index (κ2) is 5.90. The molecule has 2 rings (SSSR count). The number of amides is 2. The van der Waals surface area contributed by atoms with Crippen LogP contribution in [0.2, 0.25) is 0 Å². The minimum absolute atomic E-state index is 0.523. The van der Waals surface area contributed by atoms with Crippen molar-refractivity contribution >= 4 is 18.0 Å². The Balaban J connectivity index is 1.84. The third kappa shape index (κ3) is 3.13. The Morgan fingerprint density at radius 3 is 2.78 bits per heavy atom. The molecule has 6 nitrogen and oxygen atoms in total. The van der Waals surface area contributed by atoms with Gasteiger partial charge in [0.1, 0.15) is 0 Å². The molecule has 2 amide bonds. The number of nitrogens with zero attached hydrogens (tertiary/aromatic N) is 3. The number of hydrazone groups is 1. The molecule has 1 aromatic rings. The molecule has 1 aliphatic rings. The van der Waals surface area contributed by atoms with Gasteiger partial charge in [0.05, 0.1) is 11.9 Å². The van der Waals surface area contributed by atoms with Crippen LogP contribution in [0.1, 0.15) is 18.5 Å². The maximum absolute atomic E-state index is 11.6. The third-order valence-corrected chi connectivity index (χ3v) is 2.64. The summed E-state index contributed by atoms with van der Waals surface area (Å²) >= 11 is 0. The highest BCUT2D eigenvalue weighted by atomic mass is 16.2. The lowest BCUT2D eigenvalue weighted by Crippen LogP contribution is -2.39. The first kappa shape index (κ1) is 12.2. The van der Waals surface area contributed by atoms with E-state index in [9.17, 15) is 9.59 Å². The van der Waals surface area contributed by atoms with E-state index >= 15 is 0 Å². The molecular formula is C12H14N4O2. The quantitative estimate of drug-likeness (QED) is 0.458. The standard InChI is InChI=1S/C12H14N4O2/c17-11(12(18)16-7-3-4-8-16)15-14-9-10-5-1-2-6-13-10/h1-2,5-6,9H,3-4,7-8H2,(H,15,17)/b14-9-. The van der Waals surface area contributed by atoms with Crippen LogP contribution >= 0.6 is 0 Å². The Labute approximate surface area is 105 Å². The van der Waals surface area contributed by atoms with Crippen LogP contribution < -0.4 is 5.43 Å². The number of aromatic nitrogens is 1. The lowest BCUT2D eigenvalue weighted by molar-refractivity contribution is -0.145. The summed E-state index contributed by atoms with van der Waals surface area (Å²) in [5, 5.41) is 3.70. The zero-order valence-corrected chi connectivity index (χ0v) is 9.87. The van der Waals surface area contributed by atoms with Crippen LogP contribution in [0.4, 0.5) is 0 Å². The number of hydrogen-bond acceptors (Lipinski definition) is 4. The Bertz CT molecular complexity index is 452. The fourth-order valence-corrected chi connectivity index (χ4v) is 1.72. The van der Waals surface area contributed by atoms with E-state index in [0.29, 0.717) is 18.8 Å². The van der Waals surface area contributed by atoms with Crippen molar-refractivity contribution in [1.29, 1.82) is 0 Å². The van der Waals surface area contributed by atoms with Gasteiger partial charge < -0.3 is 4.90 Å². The number of rotatable bonds is 2.